The summed E-state index contributed by atoms with van der Waals surface area (Å²) in [5.41, 5.74) is 0. The van der Waals surface area contributed by atoms with Gasteiger partial charge in [0, 0.05) is 12.3 Å². The summed E-state index contributed by atoms with van der Waals surface area (Å²) in [7, 11) is 0. The Labute approximate surface area is 53.2 Å². The maximum atomic E-state index is 10.9. The number of rotatable bonds is 0. The summed E-state index contributed by atoms with van der Waals surface area (Å²) in [5.74, 6) is 0.763. The van der Waals surface area contributed by atoms with Crippen LogP contribution in [0.2, 0.25) is 0 Å². The van der Waals surface area contributed by atoms with Gasteiger partial charge in [0.05, 0.1) is 6.54 Å². The molecular formula is C6H8N2O. The van der Waals surface area contributed by atoms with Gasteiger partial charge < -0.3 is 0 Å². The van der Waals surface area contributed by atoms with E-state index < -0.39 is 0 Å². The minimum atomic E-state index is -0.0370. The highest BCUT2D eigenvalue weighted by Crippen LogP contribution is 2.29. The molecule has 0 aromatic rings. The van der Waals surface area contributed by atoms with E-state index in [0.717, 1.165) is 19.4 Å². The van der Waals surface area contributed by atoms with Crippen molar-refractivity contribution in [3.8, 4) is 0 Å². The molecule has 0 spiro atoms. The molecule has 1 aliphatic carbocycles. The molecule has 2 rings (SSSR count). The maximum absolute atomic E-state index is 10.9. The smallest absolute Gasteiger partial charge is 0.159 e. The van der Waals surface area contributed by atoms with Crippen LogP contribution in [0.4, 0.5) is 0 Å². The number of Topliss-reactive ketones (excluding diaryl/α,β-unsaturated/α-hetero) is 1. The van der Waals surface area contributed by atoms with E-state index in [2.05, 4.69) is 10.2 Å². The van der Waals surface area contributed by atoms with Crippen molar-refractivity contribution in [3.05, 3.63) is 0 Å². The normalized spacial score (nSPS) is 39.8. The van der Waals surface area contributed by atoms with E-state index >= 15 is 0 Å². The van der Waals surface area contributed by atoms with Gasteiger partial charge in [0.25, 0.3) is 0 Å². The molecule has 0 amide bonds. The molecule has 0 N–H and O–H groups in total. The number of hydrogen-bond donors (Lipinski definition) is 0. The predicted octanol–water partition coefficient (Wildman–Crippen LogP) is 0.800. The van der Waals surface area contributed by atoms with Crippen LogP contribution in [-0.4, -0.2) is 18.4 Å². The highest BCUT2D eigenvalue weighted by molar-refractivity contribution is 5.86. The molecule has 2 atom stereocenters. The number of hydrogen-bond acceptors (Lipinski definition) is 3. The highest BCUT2D eigenvalue weighted by atomic mass is 16.1. The van der Waals surface area contributed by atoms with Gasteiger partial charge in [-0.3, -0.25) is 4.79 Å². The van der Waals surface area contributed by atoms with E-state index in [-0.39, 0.29) is 6.04 Å². The molecule has 0 aromatic carbocycles. The molecule has 3 heteroatoms. The van der Waals surface area contributed by atoms with Crippen LogP contribution in [0, 0.1) is 5.92 Å². The lowest BCUT2D eigenvalue weighted by molar-refractivity contribution is -0.118. The van der Waals surface area contributed by atoms with Gasteiger partial charge in [0.2, 0.25) is 0 Å². The molecule has 0 radical (unpaired) electrons. The fraction of sp³-hybridized carbons (Fsp3) is 0.833. The van der Waals surface area contributed by atoms with Crippen LogP contribution >= 0.6 is 0 Å². The number of ketones is 1. The Balaban J connectivity index is 2.24. The number of carbonyl (C=O) groups is 1. The van der Waals surface area contributed by atoms with E-state index in [9.17, 15) is 4.79 Å². The Morgan fingerprint density at radius 3 is 3.22 bits per heavy atom. The van der Waals surface area contributed by atoms with Gasteiger partial charge in [-0.05, 0) is 6.42 Å². The average molecular weight is 124 g/mol. The molecule has 2 unspecified atom stereocenters. The first-order valence-electron chi connectivity index (χ1n) is 3.27. The summed E-state index contributed by atoms with van der Waals surface area (Å²) < 4.78 is 0. The Morgan fingerprint density at radius 2 is 2.44 bits per heavy atom. The fourth-order valence-corrected chi connectivity index (χ4v) is 1.49. The van der Waals surface area contributed by atoms with Crippen LogP contribution in [0.1, 0.15) is 12.8 Å². The Morgan fingerprint density at radius 1 is 1.56 bits per heavy atom. The molecule has 0 bridgehead atoms. The third kappa shape index (κ3) is 0.605. The first-order valence-corrected chi connectivity index (χ1v) is 3.27. The summed E-state index contributed by atoms with van der Waals surface area (Å²) in [4.78, 5) is 10.9. The van der Waals surface area contributed by atoms with Crippen molar-refractivity contribution >= 4 is 5.78 Å². The highest BCUT2D eigenvalue weighted by Gasteiger charge is 2.37. The zero-order valence-corrected chi connectivity index (χ0v) is 5.08. The van der Waals surface area contributed by atoms with E-state index in [1.54, 1.807) is 0 Å². The van der Waals surface area contributed by atoms with Crippen LogP contribution in [0.5, 0.6) is 0 Å². The van der Waals surface area contributed by atoms with Gasteiger partial charge in [-0.25, -0.2) is 0 Å². The van der Waals surface area contributed by atoms with Crippen molar-refractivity contribution in [2.24, 2.45) is 16.1 Å². The summed E-state index contributed by atoms with van der Waals surface area (Å²) in [6, 6.07) is -0.0370. The Bertz CT molecular complexity index is 176. The Hall–Kier alpha value is -0.730. The third-order valence-corrected chi connectivity index (χ3v) is 2.06. The summed E-state index contributed by atoms with van der Waals surface area (Å²) in [5, 5.41) is 7.68. The van der Waals surface area contributed by atoms with Gasteiger partial charge in [0.1, 0.15) is 6.04 Å². The number of nitrogens with zero attached hydrogens (tertiary/aromatic N) is 2. The van der Waals surface area contributed by atoms with Gasteiger partial charge >= 0.3 is 0 Å². The topological polar surface area (TPSA) is 41.8 Å². The lowest BCUT2D eigenvalue weighted by atomic mass is 10.1. The molecule has 1 fully saturated rings. The van der Waals surface area contributed by atoms with Crippen LogP contribution in [0.3, 0.4) is 0 Å². The lowest BCUT2D eigenvalue weighted by Gasteiger charge is -1.98. The van der Waals surface area contributed by atoms with Crippen molar-refractivity contribution in [3.63, 3.8) is 0 Å². The van der Waals surface area contributed by atoms with Crippen LogP contribution in [0.25, 0.3) is 0 Å². The fourth-order valence-electron chi connectivity index (χ4n) is 1.49. The molecule has 1 heterocycles. The second-order valence-electron chi connectivity index (χ2n) is 2.65. The second-order valence-corrected chi connectivity index (χ2v) is 2.65. The van der Waals surface area contributed by atoms with Crippen LogP contribution in [0.15, 0.2) is 10.2 Å². The van der Waals surface area contributed by atoms with Gasteiger partial charge in [0.15, 0.2) is 5.78 Å². The molecule has 9 heavy (non-hydrogen) atoms. The average Bonchev–Trinajstić information content (AvgIpc) is 2.35. The number of fused-ring (bicyclic) bond motifs is 1. The number of azo groups is 1. The SMILES string of the molecule is O=C1CCC2CN=NC12. The largest absolute Gasteiger partial charge is 0.297 e. The quantitative estimate of drug-likeness (QED) is 0.471. The standard InChI is InChI=1S/C6H8N2O/c9-5-2-1-4-3-7-8-6(4)5/h4,6H,1-3H2. The van der Waals surface area contributed by atoms with Crippen molar-refractivity contribution in [1.29, 1.82) is 0 Å². The number of carbonyl (C=O) groups excluding carboxylic acids is 1. The van der Waals surface area contributed by atoms with Crippen molar-refractivity contribution in [1.82, 2.24) is 0 Å². The third-order valence-electron chi connectivity index (χ3n) is 2.06. The van der Waals surface area contributed by atoms with Gasteiger partial charge in [-0.1, -0.05) is 0 Å². The van der Waals surface area contributed by atoms with Gasteiger partial charge in [-0.15, -0.1) is 0 Å². The van der Waals surface area contributed by atoms with E-state index in [0.29, 0.717) is 11.7 Å². The van der Waals surface area contributed by atoms with Crippen molar-refractivity contribution in [2.75, 3.05) is 6.54 Å². The predicted molar refractivity (Wildman–Crippen MR) is 31.2 cm³/mol. The van der Waals surface area contributed by atoms with Crippen LogP contribution in [-0.2, 0) is 4.79 Å². The zero-order valence-electron chi connectivity index (χ0n) is 5.08. The van der Waals surface area contributed by atoms with E-state index in [1.807, 2.05) is 0 Å². The monoisotopic (exact) mass is 124 g/mol. The first-order chi connectivity index (χ1) is 4.38. The second kappa shape index (κ2) is 1.62. The molecule has 1 aliphatic heterocycles. The van der Waals surface area contributed by atoms with Crippen molar-refractivity contribution < 1.29 is 4.79 Å². The minimum Gasteiger partial charge on any atom is -0.297 e. The Kier molecular flexibility index (Phi) is 0.917. The molecule has 0 saturated heterocycles. The molecule has 1 saturated carbocycles. The molecule has 2 aliphatic rings. The minimum absolute atomic E-state index is 0.0370. The summed E-state index contributed by atoms with van der Waals surface area (Å²) >= 11 is 0. The van der Waals surface area contributed by atoms with Crippen molar-refractivity contribution in [2.45, 2.75) is 18.9 Å². The molecule has 3 nitrogen and oxygen atoms in total. The molecule has 0 aromatic heterocycles. The first kappa shape index (κ1) is 5.09. The summed E-state index contributed by atoms with van der Waals surface area (Å²) in [6.07, 6.45) is 1.74. The molecule has 48 valence electrons. The zero-order chi connectivity index (χ0) is 6.27. The summed E-state index contributed by atoms with van der Waals surface area (Å²) in [6.45, 7) is 0.788. The maximum Gasteiger partial charge on any atom is 0.159 e. The van der Waals surface area contributed by atoms with Gasteiger partial charge in [-0.2, -0.15) is 10.2 Å². The van der Waals surface area contributed by atoms with Crippen LogP contribution < -0.4 is 0 Å². The van der Waals surface area contributed by atoms with E-state index in [4.69, 9.17) is 0 Å². The molecular weight excluding hydrogens is 116 g/mol. The lowest BCUT2D eigenvalue weighted by Crippen LogP contribution is -2.15. The van der Waals surface area contributed by atoms with E-state index in [1.165, 1.54) is 0 Å².